The predicted molar refractivity (Wildman–Crippen MR) is 81.1 cm³/mol. The first-order chi connectivity index (χ1) is 11.3. The summed E-state index contributed by atoms with van der Waals surface area (Å²) in [5.74, 6) is 3.04. The maximum Gasteiger partial charge on any atom is 0.153 e. The van der Waals surface area contributed by atoms with Crippen molar-refractivity contribution >= 4 is 0 Å². The zero-order valence-electron chi connectivity index (χ0n) is 13.1. The van der Waals surface area contributed by atoms with E-state index in [-0.39, 0.29) is 0 Å². The fraction of sp³-hybridized carbons (Fsp3) is 0.500. The normalized spacial score (nSPS) is 15.5. The largest absolute Gasteiger partial charge is 0.337 e. The van der Waals surface area contributed by atoms with Crippen LogP contribution in [0.1, 0.15) is 23.9 Å². The topological polar surface area (TPSA) is 82.5 Å². The van der Waals surface area contributed by atoms with E-state index in [4.69, 9.17) is 0 Å². The number of hydrogen-bond donors (Lipinski definition) is 0. The molecule has 3 aromatic heterocycles. The third-order valence-corrected chi connectivity index (χ3v) is 4.20. The molecule has 0 spiro atoms. The Kier molecular flexibility index (Phi) is 3.62. The molecule has 4 rings (SSSR count). The van der Waals surface area contributed by atoms with Gasteiger partial charge in [0, 0.05) is 32.5 Å². The van der Waals surface area contributed by atoms with Gasteiger partial charge in [0.05, 0.1) is 19.6 Å². The highest BCUT2D eigenvalue weighted by Gasteiger charge is 2.20. The van der Waals surface area contributed by atoms with Gasteiger partial charge < -0.3 is 13.7 Å². The molecule has 0 amide bonds. The summed E-state index contributed by atoms with van der Waals surface area (Å²) in [4.78, 5) is 6.79. The van der Waals surface area contributed by atoms with Crippen molar-refractivity contribution in [2.75, 3.05) is 6.54 Å². The van der Waals surface area contributed by atoms with Crippen LogP contribution in [-0.2, 0) is 33.2 Å². The molecule has 0 saturated heterocycles. The summed E-state index contributed by atoms with van der Waals surface area (Å²) in [5, 5.41) is 16.4. The Balaban J connectivity index is 1.51. The van der Waals surface area contributed by atoms with Crippen LogP contribution in [0.15, 0.2) is 25.0 Å². The van der Waals surface area contributed by atoms with Gasteiger partial charge in [0.2, 0.25) is 0 Å². The molecular formula is C14H19N9. The van der Waals surface area contributed by atoms with E-state index in [1.807, 2.05) is 24.0 Å². The number of nitrogens with zero attached hydrogens (tertiary/aromatic N) is 9. The molecule has 1 aliphatic rings. The highest BCUT2D eigenvalue weighted by atomic mass is 15.3. The number of fused-ring (bicyclic) bond motifs is 1. The lowest BCUT2D eigenvalue weighted by molar-refractivity contribution is 0.249. The van der Waals surface area contributed by atoms with E-state index >= 15 is 0 Å². The van der Waals surface area contributed by atoms with E-state index in [0.717, 1.165) is 50.1 Å². The van der Waals surface area contributed by atoms with Crippen LogP contribution in [0.25, 0.3) is 0 Å². The SMILES string of the molecule is Cn1ccnc1CN1CCCn2c(nnc2Cn2cnnc2)C1. The average molecular weight is 313 g/mol. The predicted octanol–water partition coefficient (Wildman–Crippen LogP) is 0.0573. The van der Waals surface area contributed by atoms with Gasteiger partial charge in [0.25, 0.3) is 0 Å². The fourth-order valence-electron chi connectivity index (χ4n) is 2.95. The van der Waals surface area contributed by atoms with Crippen LogP contribution in [0.2, 0.25) is 0 Å². The van der Waals surface area contributed by atoms with Gasteiger partial charge in [-0.25, -0.2) is 4.98 Å². The lowest BCUT2D eigenvalue weighted by Crippen LogP contribution is -2.24. The number of aromatic nitrogens is 8. The number of rotatable bonds is 4. The molecular weight excluding hydrogens is 294 g/mol. The zero-order valence-corrected chi connectivity index (χ0v) is 13.1. The highest BCUT2D eigenvalue weighted by Crippen LogP contribution is 2.15. The third-order valence-electron chi connectivity index (χ3n) is 4.20. The second kappa shape index (κ2) is 5.92. The zero-order chi connectivity index (χ0) is 15.6. The van der Waals surface area contributed by atoms with Crippen LogP contribution < -0.4 is 0 Å². The first-order valence-corrected chi connectivity index (χ1v) is 7.71. The Hall–Kier alpha value is -2.55. The van der Waals surface area contributed by atoms with Crippen molar-refractivity contribution in [1.29, 1.82) is 0 Å². The summed E-state index contributed by atoms with van der Waals surface area (Å²) < 4.78 is 6.19. The van der Waals surface area contributed by atoms with E-state index in [1.165, 1.54) is 0 Å². The molecule has 0 saturated carbocycles. The monoisotopic (exact) mass is 313 g/mol. The Morgan fingerprint density at radius 1 is 1.04 bits per heavy atom. The summed E-state index contributed by atoms with van der Waals surface area (Å²) in [5.41, 5.74) is 0. The van der Waals surface area contributed by atoms with Crippen molar-refractivity contribution in [3.8, 4) is 0 Å². The molecule has 120 valence electrons. The average Bonchev–Trinajstić information content (AvgIpc) is 3.23. The van der Waals surface area contributed by atoms with Gasteiger partial charge in [0.15, 0.2) is 5.82 Å². The van der Waals surface area contributed by atoms with Gasteiger partial charge in [-0.15, -0.1) is 20.4 Å². The number of imidazole rings is 1. The summed E-state index contributed by atoms with van der Waals surface area (Å²) in [6, 6.07) is 0. The second-order valence-corrected chi connectivity index (χ2v) is 5.84. The van der Waals surface area contributed by atoms with Crippen molar-refractivity contribution in [2.45, 2.75) is 32.6 Å². The minimum absolute atomic E-state index is 0.652. The second-order valence-electron chi connectivity index (χ2n) is 5.84. The standard InChI is InChI=1S/C14H19N9/c1-20-6-3-15-12(20)7-21-4-2-5-23-13(8-21)18-19-14(23)9-22-10-16-17-11-22/h3,6,10-11H,2,4-5,7-9H2,1H3. The molecule has 9 heteroatoms. The van der Waals surface area contributed by atoms with Gasteiger partial charge in [-0.1, -0.05) is 0 Å². The maximum atomic E-state index is 4.41. The third kappa shape index (κ3) is 2.87. The molecule has 1 aliphatic heterocycles. The van der Waals surface area contributed by atoms with Gasteiger partial charge in [-0.3, -0.25) is 4.90 Å². The highest BCUT2D eigenvalue weighted by molar-refractivity contribution is 5.00. The number of aryl methyl sites for hydroxylation is 1. The van der Waals surface area contributed by atoms with Crippen LogP contribution in [0.5, 0.6) is 0 Å². The van der Waals surface area contributed by atoms with Crippen molar-refractivity contribution in [3.05, 3.63) is 42.5 Å². The van der Waals surface area contributed by atoms with Crippen LogP contribution in [0.3, 0.4) is 0 Å². The lowest BCUT2D eigenvalue weighted by atomic mass is 10.3. The van der Waals surface area contributed by atoms with Crippen molar-refractivity contribution in [1.82, 2.24) is 44.0 Å². The van der Waals surface area contributed by atoms with E-state index in [2.05, 4.69) is 39.4 Å². The molecule has 3 aromatic rings. The summed E-state index contributed by atoms with van der Waals surface area (Å²) in [6.07, 6.45) is 8.29. The smallest absolute Gasteiger partial charge is 0.153 e. The van der Waals surface area contributed by atoms with Crippen molar-refractivity contribution < 1.29 is 0 Å². The van der Waals surface area contributed by atoms with Gasteiger partial charge in [-0.05, 0) is 6.42 Å². The maximum absolute atomic E-state index is 4.41. The van der Waals surface area contributed by atoms with Crippen LogP contribution in [0.4, 0.5) is 0 Å². The van der Waals surface area contributed by atoms with Gasteiger partial charge >= 0.3 is 0 Å². The summed E-state index contributed by atoms with van der Waals surface area (Å²) in [7, 11) is 2.03. The van der Waals surface area contributed by atoms with Crippen molar-refractivity contribution in [3.63, 3.8) is 0 Å². The molecule has 0 aromatic carbocycles. The molecule has 0 bridgehead atoms. The quantitative estimate of drug-likeness (QED) is 0.677. The first-order valence-electron chi connectivity index (χ1n) is 7.71. The molecule has 0 atom stereocenters. The van der Waals surface area contributed by atoms with Crippen molar-refractivity contribution in [2.24, 2.45) is 7.05 Å². The van der Waals surface area contributed by atoms with Gasteiger partial charge in [0.1, 0.15) is 24.3 Å². The minimum atomic E-state index is 0.652. The van der Waals surface area contributed by atoms with Gasteiger partial charge in [-0.2, -0.15) is 0 Å². The Labute approximate surface area is 133 Å². The fourth-order valence-corrected chi connectivity index (χ4v) is 2.95. The van der Waals surface area contributed by atoms with E-state index in [1.54, 1.807) is 12.7 Å². The molecule has 0 unspecified atom stereocenters. The van der Waals surface area contributed by atoms with E-state index < -0.39 is 0 Å². The number of hydrogen-bond acceptors (Lipinski definition) is 6. The molecule has 0 aliphatic carbocycles. The Bertz CT molecular complexity index is 770. The molecule has 9 nitrogen and oxygen atoms in total. The van der Waals surface area contributed by atoms with Crippen LogP contribution >= 0.6 is 0 Å². The molecule has 0 radical (unpaired) electrons. The summed E-state index contributed by atoms with van der Waals surface area (Å²) in [6.45, 7) is 4.25. The lowest BCUT2D eigenvalue weighted by Gasteiger charge is -2.18. The van der Waals surface area contributed by atoms with E-state index in [9.17, 15) is 0 Å². The molecule has 4 heterocycles. The van der Waals surface area contributed by atoms with E-state index in [0.29, 0.717) is 6.54 Å². The first kappa shape index (κ1) is 14.1. The Morgan fingerprint density at radius 2 is 1.91 bits per heavy atom. The van der Waals surface area contributed by atoms with Crippen LogP contribution in [0, 0.1) is 0 Å². The summed E-state index contributed by atoms with van der Waals surface area (Å²) >= 11 is 0. The van der Waals surface area contributed by atoms with Crippen LogP contribution in [-0.4, -0.2) is 50.5 Å². The molecule has 23 heavy (non-hydrogen) atoms. The molecule has 0 fully saturated rings. The molecule has 0 N–H and O–H groups in total. The minimum Gasteiger partial charge on any atom is -0.337 e. The Morgan fingerprint density at radius 3 is 2.70 bits per heavy atom.